The number of para-hydroxylation sites is 1. The van der Waals surface area contributed by atoms with Crippen LogP contribution in [0.5, 0.6) is 0 Å². The summed E-state index contributed by atoms with van der Waals surface area (Å²) in [6, 6.07) is 81.6. The Labute approximate surface area is 322 Å². The SMILES string of the molecule is c1ccc(-c2cc(-c3ccccc3)cc(-c3ccccc3N(c3ccc(-c4ccc5ccccc5c4)cc3)c3cc4ccccc4c4ccccc34)c2)cc1. The minimum atomic E-state index is 1.10. The van der Waals surface area contributed by atoms with Crippen LogP contribution in [-0.2, 0) is 0 Å². The molecule has 0 N–H and O–H groups in total. The van der Waals surface area contributed by atoms with Gasteiger partial charge in [0, 0.05) is 16.6 Å². The summed E-state index contributed by atoms with van der Waals surface area (Å²) >= 11 is 0. The lowest BCUT2D eigenvalue weighted by Crippen LogP contribution is -2.12. The van der Waals surface area contributed by atoms with Gasteiger partial charge in [0.1, 0.15) is 0 Å². The van der Waals surface area contributed by atoms with Crippen LogP contribution < -0.4 is 4.90 Å². The molecule has 55 heavy (non-hydrogen) atoms. The van der Waals surface area contributed by atoms with E-state index in [-0.39, 0.29) is 0 Å². The van der Waals surface area contributed by atoms with Crippen LogP contribution in [-0.4, -0.2) is 0 Å². The number of anilines is 3. The van der Waals surface area contributed by atoms with Crippen molar-refractivity contribution in [2.45, 2.75) is 0 Å². The summed E-state index contributed by atoms with van der Waals surface area (Å²) in [4.78, 5) is 2.46. The first kappa shape index (κ1) is 32.4. The minimum absolute atomic E-state index is 1.10. The number of hydrogen-bond acceptors (Lipinski definition) is 1. The first-order chi connectivity index (χ1) is 27.3. The van der Waals surface area contributed by atoms with E-state index in [9.17, 15) is 0 Å². The molecule has 0 spiro atoms. The Kier molecular flexibility index (Phi) is 8.24. The summed E-state index contributed by atoms with van der Waals surface area (Å²) < 4.78 is 0. The van der Waals surface area contributed by atoms with Crippen molar-refractivity contribution in [2.24, 2.45) is 0 Å². The van der Waals surface area contributed by atoms with Crippen LogP contribution in [0.4, 0.5) is 17.1 Å². The quantitative estimate of drug-likeness (QED) is 0.150. The fourth-order valence-electron chi connectivity index (χ4n) is 8.09. The van der Waals surface area contributed by atoms with E-state index in [1.807, 2.05) is 0 Å². The zero-order valence-electron chi connectivity index (χ0n) is 30.3. The molecule has 1 heteroatoms. The molecule has 0 radical (unpaired) electrons. The Morgan fingerprint density at radius 1 is 0.236 bits per heavy atom. The molecule has 0 atom stereocenters. The number of benzene rings is 10. The Morgan fingerprint density at radius 2 is 0.745 bits per heavy atom. The third-order valence-corrected chi connectivity index (χ3v) is 10.8. The molecule has 0 aliphatic carbocycles. The smallest absolute Gasteiger partial charge is 0.0546 e. The van der Waals surface area contributed by atoms with Crippen molar-refractivity contribution in [3.05, 3.63) is 224 Å². The summed E-state index contributed by atoms with van der Waals surface area (Å²) in [6.07, 6.45) is 0. The van der Waals surface area contributed by atoms with E-state index in [2.05, 4.69) is 229 Å². The third-order valence-electron chi connectivity index (χ3n) is 10.8. The molecule has 10 aromatic rings. The van der Waals surface area contributed by atoms with E-state index in [4.69, 9.17) is 0 Å². The molecule has 0 unspecified atom stereocenters. The van der Waals surface area contributed by atoms with Crippen LogP contribution >= 0.6 is 0 Å². The van der Waals surface area contributed by atoms with Crippen LogP contribution in [0.1, 0.15) is 0 Å². The molecule has 0 saturated carbocycles. The van der Waals surface area contributed by atoms with Gasteiger partial charge >= 0.3 is 0 Å². The van der Waals surface area contributed by atoms with E-state index >= 15 is 0 Å². The summed E-state index contributed by atoms with van der Waals surface area (Å²) in [7, 11) is 0. The third kappa shape index (κ3) is 6.12. The van der Waals surface area contributed by atoms with E-state index in [1.54, 1.807) is 0 Å². The maximum Gasteiger partial charge on any atom is 0.0546 e. The number of hydrogen-bond donors (Lipinski definition) is 0. The van der Waals surface area contributed by atoms with E-state index in [0.29, 0.717) is 0 Å². The second-order valence-corrected chi connectivity index (χ2v) is 14.2. The largest absolute Gasteiger partial charge is 0.309 e. The minimum Gasteiger partial charge on any atom is -0.309 e. The molecule has 1 nitrogen and oxygen atoms in total. The Hall–Kier alpha value is -7.22. The molecular weight excluding hydrogens is 663 g/mol. The van der Waals surface area contributed by atoms with Gasteiger partial charge in [0.2, 0.25) is 0 Å². The number of nitrogens with zero attached hydrogens (tertiary/aromatic N) is 1. The Bertz CT molecular complexity index is 2910. The summed E-state index contributed by atoms with van der Waals surface area (Å²) in [5.74, 6) is 0. The second-order valence-electron chi connectivity index (χ2n) is 14.2. The van der Waals surface area contributed by atoms with Crippen molar-refractivity contribution in [1.82, 2.24) is 0 Å². The van der Waals surface area contributed by atoms with Crippen molar-refractivity contribution < 1.29 is 0 Å². The van der Waals surface area contributed by atoms with Crippen molar-refractivity contribution in [3.63, 3.8) is 0 Å². The fourth-order valence-corrected chi connectivity index (χ4v) is 8.09. The average molecular weight is 700 g/mol. The van der Waals surface area contributed by atoms with Crippen LogP contribution in [0.25, 0.3) is 76.8 Å². The maximum absolute atomic E-state index is 2.46. The van der Waals surface area contributed by atoms with Crippen LogP contribution in [0, 0.1) is 0 Å². The summed E-state index contributed by atoms with van der Waals surface area (Å²) in [5, 5.41) is 7.41. The molecule has 0 amide bonds. The summed E-state index contributed by atoms with van der Waals surface area (Å²) in [5.41, 5.74) is 12.8. The van der Waals surface area contributed by atoms with Gasteiger partial charge in [0.25, 0.3) is 0 Å². The van der Waals surface area contributed by atoms with Gasteiger partial charge in [-0.05, 0) is 114 Å². The van der Waals surface area contributed by atoms with E-state index in [0.717, 1.165) is 22.6 Å². The zero-order valence-corrected chi connectivity index (χ0v) is 30.3. The molecule has 0 aromatic heterocycles. The highest BCUT2D eigenvalue weighted by atomic mass is 15.1. The highest BCUT2D eigenvalue weighted by molar-refractivity contribution is 6.15. The molecule has 0 aliphatic heterocycles. The monoisotopic (exact) mass is 699 g/mol. The van der Waals surface area contributed by atoms with Gasteiger partial charge in [-0.3, -0.25) is 0 Å². The van der Waals surface area contributed by atoms with Gasteiger partial charge in [0.05, 0.1) is 11.4 Å². The predicted octanol–water partition coefficient (Wildman–Crippen LogP) is 15.3. The van der Waals surface area contributed by atoms with Crippen LogP contribution in [0.3, 0.4) is 0 Å². The van der Waals surface area contributed by atoms with Crippen LogP contribution in [0.15, 0.2) is 224 Å². The highest BCUT2D eigenvalue weighted by Crippen LogP contribution is 2.46. The van der Waals surface area contributed by atoms with Gasteiger partial charge < -0.3 is 4.90 Å². The molecule has 258 valence electrons. The first-order valence-electron chi connectivity index (χ1n) is 18.9. The van der Waals surface area contributed by atoms with Gasteiger partial charge in [-0.2, -0.15) is 0 Å². The lowest BCUT2D eigenvalue weighted by molar-refractivity contribution is 1.30. The number of rotatable bonds is 7. The standard InChI is InChI=1S/C54H37N/c1-3-15-38(16-4-1)45-34-46(39-17-5-2-6-18-39)36-47(35-45)50-23-13-14-26-53(50)55(54-37-44-21-9-10-22-49(44)51-24-11-12-25-52(51)54)48-31-29-41(30-32-48)43-28-27-40-19-7-8-20-42(40)33-43/h1-37H. The van der Waals surface area contributed by atoms with Gasteiger partial charge in [-0.15, -0.1) is 0 Å². The normalized spacial score (nSPS) is 11.3. The highest BCUT2D eigenvalue weighted by Gasteiger charge is 2.21. The number of fused-ring (bicyclic) bond motifs is 4. The molecule has 10 aromatic carbocycles. The first-order valence-corrected chi connectivity index (χ1v) is 18.9. The second kappa shape index (κ2) is 14.0. The van der Waals surface area contributed by atoms with Crippen molar-refractivity contribution in [2.75, 3.05) is 4.90 Å². The Balaban J connectivity index is 1.20. The molecule has 0 aliphatic rings. The predicted molar refractivity (Wildman–Crippen MR) is 235 cm³/mol. The summed E-state index contributed by atoms with van der Waals surface area (Å²) in [6.45, 7) is 0. The molecule has 10 rings (SSSR count). The molecule has 0 heterocycles. The van der Waals surface area contributed by atoms with Crippen LogP contribution in [0.2, 0.25) is 0 Å². The van der Waals surface area contributed by atoms with Gasteiger partial charge in [-0.1, -0.05) is 176 Å². The van der Waals surface area contributed by atoms with E-state index < -0.39 is 0 Å². The topological polar surface area (TPSA) is 3.24 Å². The maximum atomic E-state index is 2.46. The molecule has 0 saturated heterocycles. The lowest BCUT2D eigenvalue weighted by Gasteiger charge is -2.30. The average Bonchev–Trinajstić information content (AvgIpc) is 3.27. The Morgan fingerprint density at radius 3 is 1.45 bits per heavy atom. The van der Waals surface area contributed by atoms with Crippen molar-refractivity contribution in [3.8, 4) is 44.5 Å². The van der Waals surface area contributed by atoms with Crippen molar-refractivity contribution >= 4 is 49.4 Å². The zero-order chi connectivity index (χ0) is 36.6. The molecular formula is C54H37N. The van der Waals surface area contributed by atoms with Gasteiger partial charge in [-0.25, -0.2) is 0 Å². The molecule has 0 bridgehead atoms. The van der Waals surface area contributed by atoms with Crippen molar-refractivity contribution in [1.29, 1.82) is 0 Å². The van der Waals surface area contributed by atoms with Gasteiger partial charge in [0.15, 0.2) is 0 Å². The fraction of sp³-hybridized carbons (Fsp3) is 0. The van der Waals surface area contributed by atoms with E-state index in [1.165, 1.54) is 71.3 Å². The lowest BCUT2D eigenvalue weighted by atomic mass is 9.92. The molecule has 0 fully saturated rings.